The SMILES string of the molecule is CCCCC=CCCc1ccc(-c2cc(F)c(-c3cc(F)c(C(F)(F)Oc4cc(F)c(C(F)(F)F)c(F)c4)c(Cl)c3)c(F)c2)cc1. The second-order valence-electron chi connectivity index (χ2n) is 10.4. The van der Waals surface area contributed by atoms with Crippen LogP contribution < -0.4 is 4.74 Å². The second kappa shape index (κ2) is 14.2. The van der Waals surface area contributed by atoms with Crippen LogP contribution in [0, 0.1) is 29.1 Å². The predicted octanol–water partition coefficient (Wildman–Crippen LogP) is 12.2. The molecule has 0 N–H and O–H groups in total. The molecule has 0 aliphatic carbocycles. The summed E-state index contributed by atoms with van der Waals surface area (Å²) in [4.78, 5) is 0. The smallest absolute Gasteiger partial charge is 0.429 e. The zero-order valence-corrected chi connectivity index (χ0v) is 24.8. The summed E-state index contributed by atoms with van der Waals surface area (Å²) >= 11 is 5.85. The minimum atomic E-state index is -5.47. The lowest BCUT2D eigenvalue weighted by Crippen LogP contribution is -2.24. The Bertz CT molecular complexity index is 1660. The molecule has 244 valence electrons. The summed E-state index contributed by atoms with van der Waals surface area (Å²) in [5.41, 5.74) is -3.71. The molecule has 46 heavy (non-hydrogen) atoms. The van der Waals surface area contributed by atoms with E-state index >= 15 is 8.78 Å². The van der Waals surface area contributed by atoms with Crippen LogP contribution in [0.15, 0.2) is 72.8 Å². The van der Waals surface area contributed by atoms with Gasteiger partial charge in [0.1, 0.15) is 46.0 Å². The third-order valence-corrected chi connectivity index (χ3v) is 7.29. The lowest BCUT2D eigenvalue weighted by molar-refractivity contribution is -0.187. The number of halogens is 11. The van der Waals surface area contributed by atoms with Gasteiger partial charge in [-0.2, -0.15) is 22.0 Å². The summed E-state index contributed by atoms with van der Waals surface area (Å²) in [6, 6.07) is 9.63. The molecule has 0 heterocycles. The van der Waals surface area contributed by atoms with Crippen molar-refractivity contribution in [1.29, 1.82) is 0 Å². The molecule has 4 rings (SSSR count). The van der Waals surface area contributed by atoms with Gasteiger partial charge in [-0.05, 0) is 65.8 Å². The van der Waals surface area contributed by atoms with E-state index in [1.54, 1.807) is 12.1 Å². The highest BCUT2D eigenvalue weighted by atomic mass is 35.5. The van der Waals surface area contributed by atoms with Crippen molar-refractivity contribution < 1.29 is 48.6 Å². The molecule has 0 spiro atoms. The number of hydrogen-bond donors (Lipinski definition) is 0. The minimum Gasteiger partial charge on any atom is -0.429 e. The molecule has 0 aliphatic rings. The van der Waals surface area contributed by atoms with Crippen LogP contribution >= 0.6 is 11.6 Å². The summed E-state index contributed by atoms with van der Waals surface area (Å²) in [6.07, 6.45) is -1.16. The van der Waals surface area contributed by atoms with Gasteiger partial charge in [-0.15, -0.1) is 0 Å². The molecular weight excluding hydrogens is 650 g/mol. The molecule has 0 saturated carbocycles. The van der Waals surface area contributed by atoms with E-state index in [2.05, 4.69) is 23.8 Å². The number of hydrogen-bond acceptors (Lipinski definition) is 1. The third-order valence-electron chi connectivity index (χ3n) is 6.99. The molecule has 0 amide bonds. The summed E-state index contributed by atoms with van der Waals surface area (Å²) in [7, 11) is 0. The maximum atomic E-state index is 15.2. The van der Waals surface area contributed by atoms with Crippen LogP contribution in [-0.2, 0) is 18.7 Å². The van der Waals surface area contributed by atoms with E-state index in [9.17, 15) is 35.1 Å². The van der Waals surface area contributed by atoms with Gasteiger partial charge in [-0.25, -0.2) is 22.0 Å². The molecular formula is C34H25ClF10O. The molecule has 4 aromatic rings. The van der Waals surface area contributed by atoms with E-state index in [1.807, 2.05) is 12.1 Å². The van der Waals surface area contributed by atoms with Gasteiger partial charge >= 0.3 is 12.3 Å². The van der Waals surface area contributed by atoms with E-state index < -0.39 is 74.4 Å². The van der Waals surface area contributed by atoms with Crippen LogP contribution in [0.4, 0.5) is 43.9 Å². The Morgan fingerprint density at radius 3 is 1.74 bits per heavy atom. The summed E-state index contributed by atoms with van der Waals surface area (Å²) in [5.74, 6) is -10.0. The van der Waals surface area contributed by atoms with Crippen LogP contribution in [-0.4, -0.2) is 0 Å². The topological polar surface area (TPSA) is 9.23 Å². The van der Waals surface area contributed by atoms with Crippen LogP contribution in [0.3, 0.4) is 0 Å². The number of ether oxygens (including phenoxy) is 1. The maximum absolute atomic E-state index is 15.2. The van der Waals surface area contributed by atoms with Gasteiger partial charge in [-0.3, -0.25) is 0 Å². The Morgan fingerprint density at radius 1 is 0.652 bits per heavy atom. The van der Waals surface area contributed by atoms with E-state index in [-0.39, 0.29) is 17.7 Å². The Morgan fingerprint density at radius 2 is 1.20 bits per heavy atom. The van der Waals surface area contributed by atoms with Crippen LogP contribution in [0.2, 0.25) is 5.02 Å². The average molecular weight is 675 g/mol. The summed E-state index contributed by atoms with van der Waals surface area (Å²) < 4.78 is 145. The minimum absolute atomic E-state index is 0.156. The van der Waals surface area contributed by atoms with Crippen molar-refractivity contribution in [2.24, 2.45) is 0 Å². The molecule has 0 unspecified atom stereocenters. The highest BCUT2D eigenvalue weighted by molar-refractivity contribution is 6.31. The van der Waals surface area contributed by atoms with Gasteiger partial charge in [0, 0.05) is 12.1 Å². The van der Waals surface area contributed by atoms with Gasteiger partial charge in [0.05, 0.1) is 10.6 Å². The monoisotopic (exact) mass is 674 g/mol. The zero-order chi connectivity index (χ0) is 33.8. The molecule has 0 aliphatic heterocycles. The maximum Gasteiger partial charge on any atom is 0.431 e. The van der Waals surface area contributed by atoms with Crippen molar-refractivity contribution in [3.05, 3.63) is 124 Å². The first-order valence-electron chi connectivity index (χ1n) is 14.0. The molecule has 0 aromatic heterocycles. The van der Waals surface area contributed by atoms with Crippen LogP contribution in [0.25, 0.3) is 22.3 Å². The molecule has 0 bridgehead atoms. The number of benzene rings is 4. The average Bonchev–Trinajstić information content (AvgIpc) is 2.93. The summed E-state index contributed by atoms with van der Waals surface area (Å²) in [6.45, 7) is 2.12. The normalized spacial score (nSPS) is 12.3. The molecule has 1 nitrogen and oxygen atoms in total. The molecule has 0 saturated heterocycles. The summed E-state index contributed by atoms with van der Waals surface area (Å²) in [5, 5.41) is -1.09. The quantitative estimate of drug-likeness (QED) is 0.0874. The Hall–Kier alpha value is -3.99. The molecule has 0 fully saturated rings. The molecule has 0 atom stereocenters. The predicted molar refractivity (Wildman–Crippen MR) is 155 cm³/mol. The van der Waals surface area contributed by atoms with Crippen molar-refractivity contribution in [3.8, 4) is 28.0 Å². The molecule has 0 radical (unpaired) electrons. The third kappa shape index (κ3) is 8.04. The van der Waals surface area contributed by atoms with E-state index in [0.717, 1.165) is 49.8 Å². The van der Waals surface area contributed by atoms with Gasteiger partial charge in [-0.1, -0.05) is 67.8 Å². The standard InChI is InChI=1S/C34H25ClF10O/c1-2-3-4-5-6-7-8-19-9-11-20(12-10-19)21-14-25(36)30(26(37)15-21)22-13-24(35)31(27(38)16-22)34(44,45)46-23-17-28(39)32(29(40)18-23)33(41,42)43/h5-6,9-18H,2-4,7-8H2,1H3. The fraction of sp³-hybridized carbons (Fsp3) is 0.235. The highest BCUT2D eigenvalue weighted by Crippen LogP contribution is 2.42. The van der Waals surface area contributed by atoms with E-state index in [4.69, 9.17) is 11.6 Å². The number of allylic oxidation sites excluding steroid dienone is 2. The zero-order valence-electron chi connectivity index (χ0n) is 24.0. The highest BCUT2D eigenvalue weighted by Gasteiger charge is 2.42. The Kier molecular flexibility index (Phi) is 10.8. The second-order valence-corrected chi connectivity index (χ2v) is 10.8. The lowest BCUT2D eigenvalue weighted by Gasteiger charge is -2.21. The molecule has 4 aromatic carbocycles. The first kappa shape index (κ1) is 34.9. The number of alkyl halides is 5. The van der Waals surface area contributed by atoms with Crippen LogP contribution in [0.5, 0.6) is 5.75 Å². The Labute approximate surface area is 263 Å². The van der Waals surface area contributed by atoms with Crippen molar-refractivity contribution in [2.45, 2.75) is 51.3 Å². The van der Waals surface area contributed by atoms with Crippen molar-refractivity contribution in [2.75, 3.05) is 0 Å². The Balaban J connectivity index is 1.56. The van der Waals surface area contributed by atoms with Crippen molar-refractivity contribution in [3.63, 3.8) is 0 Å². The number of rotatable bonds is 11. The first-order chi connectivity index (χ1) is 21.6. The van der Waals surface area contributed by atoms with Gasteiger partial charge in [0.25, 0.3) is 0 Å². The van der Waals surface area contributed by atoms with Crippen molar-refractivity contribution >= 4 is 11.6 Å². The lowest BCUT2D eigenvalue weighted by atomic mass is 9.97. The fourth-order valence-electron chi connectivity index (χ4n) is 4.76. The number of aryl methyl sites for hydroxylation is 1. The van der Waals surface area contributed by atoms with Gasteiger partial charge in [0.2, 0.25) is 0 Å². The largest absolute Gasteiger partial charge is 0.431 e. The number of unbranched alkanes of at least 4 members (excludes halogenated alkanes) is 2. The van der Waals surface area contributed by atoms with Gasteiger partial charge in [0.15, 0.2) is 0 Å². The van der Waals surface area contributed by atoms with E-state index in [0.29, 0.717) is 17.7 Å². The molecule has 12 heteroatoms. The van der Waals surface area contributed by atoms with E-state index in [1.165, 1.54) is 0 Å². The van der Waals surface area contributed by atoms with Crippen LogP contribution in [0.1, 0.15) is 49.3 Å². The fourth-order valence-corrected chi connectivity index (χ4v) is 5.08. The van der Waals surface area contributed by atoms with Crippen molar-refractivity contribution in [1.82, 2.24) is 0 Å². The first-order valence-corrected chi connectivity index (χ1v) is 14.4. The van der Waals surface area contributed by atoms with Gasteiger partial charge < -0.3 is 4.74 Å².